The van der Waals surface area contributed by atoms with Gasteiger partial charge in [-0.15, -0.1) is 0 Å². The monoisotopic (exact) mass is 485 g/mol. The molecule has 0 aliphatic carbocycles. The number of alkyl halides is 6. The molecule has 0 radical (unpaired) electrons. The Balaban J connectivity index is 1.81. The summed E-state index contributed by atoms with van der Waals surface area (Å²) in [5.41, 5.74) is -2.17. The average molecular weight is 485 g/mol. The third-order valence-corrected chi connectivity index (χ3v) is 4.74. The number of methoxy groups -OCH3 is 1. The molecule has 34 heavy (non-hydrogen) atoms. The maximum absolute atomic E-state index is 13.0. The molecule has 3 aromatic rings. The summed E-state index contributed by atoms with van der Waals surface area (Å²) >= 11 is 0. The van der Waals surface area contributed by atoms with Gasteiger partial charge in [0.25, 0.3) is 0 Å². The van der Waals surface area contributed by atoms with Gasteiger partial charge in [-0.05, 0) is 35.9 Å². The zero-order chi connectivity index (χ0) is 25.1. The van der Waals surface area contributed by atoms with Crippen molar-refractivity contribution < 1.29 is 40.7 Å². The Morgan fingerprint density at radius 2 is 1.56 bits per heavy atom. The van der Waals surface area contributed by atoms with Crippen molar-refractivity contribution in [1.29, 1.82) is 0 Å². The molecule has 2 aromatic carbocycles. The number of nitrogens with one attached hydrogen (secondary N) is 1. The molecule has 0 saturated heterocycles. The fourth-order valence-corrected chi connectivity index (χ4v) is 3.19. The molecule has 180 valence electrons. The van der Waals surface area contributed by atoms with Crippen molar-refractivity contribution in [2.45, 2.75) is 31.2 Å². The first kappa shape index (κ1) is 24.9. The molecule has 0 aliphatic rings. The minimum Gasteiger partial charge on any atom is -0.467 e. The van der Waals surface area contributed by atoms with Gasteiger partial charge in [0.1, 0.15) is 6.04 Å². The van der Waals surface area contributed by atoms with E-state index in [4.69, 9.17) is 0 Å². The number of ether oxygens (including phenoxy) is 1. The Morgan fingerprint density at radius 3 is 2.12 bits per heavy atom. The highest BCUT2D eigenvalue weighted by Gasteiger charge is 2.37. The lowest BCUT2D eigenvalue weighted by Gasteiger charge is -2.17. The van der Waals surface area contributed by atoms with Gasteiger partial charge in [-0.2, -0.15) is 26.3 Å². The molecule has 1 heterocycles. The number of fused-ring (bicyclic) bond motifs is 1. The van der Waals surface area contributed by atoms with Crippen LogP contribution in [-0.4, -0.2) is 35.0 Å². The molecular weight excluding hydrogens is 468 g/mol. The number of carbonyl (C=O) groups is 2. The van der Waals surface area contributed by atoms with E-state index < -0.39 is 53.4 Å². The molecule has 0 bridgehead atoms. The number of rotatable bonds is 6. The Morgan fingerprint density at radius 1 is 0.971 bits per heavy atom. The summed E-state index contributed by atoms with van der Waals surface area (Å²) in [6.07, 6.45) is -9.70. The SMILES string of the molecule is COC(=O)[C@H](Cc1cnc2ccccc2n1)NC(=O)Cc1cc(C(F)(F)F)cc(C(F)(F)F)c1. The van der Waals surface area contributed by atoms with Crippen molar-refractivity contribution in [3.63, 3.8) is 0 Å². The van der Waals surface area contributed by atoms with E-state index in [2.05, 4.69) is 20.0 Å². The molecule has 0 spiro atoms. The quantitative estimate of drug-likeness (QED) is 0.420. The Labute approximate surface area is 189 Å². The lowest BCUT2D eigenvalue weighted by atomic mass is 10.0. The number of para-hydroxylation sites is 2. The topological polar surface area (TPSA) is 81.2 Å². The molecule has 0 saturated carbocycles. The van der Waals surface area contributed by atoms with Crippen LogP contribution < -0.4 is 5.32 Å². The third kappa shape index (κ3) is 6.21. The van der Waals surface area contributed by atoms with Gasteiger partial charge in [0.15, 0.2) is 0 Å². The minimum atomic E-state index is -5.05. The molecule has 12 heteroatoms. The number of aromatic nitrogens is 2. The lowest BCUT2D eigenvalue weighted by molar-refractivity contribution is -0.145. The second kappa shape index (κ2) is 9.65. The van der Waals surface area contributed by atoms with E-state index in [1.54, 1.807) is 24.3 Å². The van der Waals surface area contributed by atoms with Gasteiger partial charge >= 0.3 is 18.3 Å². The number of nitrogens with zero attached hydrogens (tertiary/aromatic N) is 2. The molecule has 1 atom stereocenters. The van der Waals surface area contributed by atoms with E-state index in [1.807, 2.05) is 0 Å². The van der Waals surface area contributed by atoms with Gasteiger partial charge in [0.05, 0.1) is 41.4 Å². The summed E-state index contributed by atoms with van der Waals surface area (Å²) in [5.74, 6) is -1.85. The zero-order valence-corrected chi connectivity index (χ0v) is 17.5. The van der Waals surface area contributed by atoms with Crippen molar-refractivity contribution in [3.05, 3.63) is 71.0 Å². The summed E-state index contributed by atoms with van der Waals surface area (Å²) in [5, 5.41) is 2.29. The Kier molecular flexibility index (Phi) is 7.08. The highest BCUT2D eigenvalue weighted by Crippen LogP contribution is 2.36. The van der Waals surface area contributed by atoms with Crippen LogP contribution in [0.5, 0.6) is 0 Å². The van der Waals surface area contributed by atoms with E-state index in [0.29, 0.717) is 28.9 Å². The van der Waals surface area contributed by atoms with E-state index in [9.17, 15) is 35.9 Å². The van der Waals surface area contributed by atoms with E-state index in [0.717, 1.165) is 7.11 Å². The molecule has 1 N–H and O–H groups in total. The lowest BCUT2D eigenvalue weighted by Crippen LogP contribution is -2.43. The van der Waals surface area contributed by atoms with Crippen molar-refractivity contribution in [2.75, 3.05) is 7.11 Å². The van der Waals surface area contributed by atoms with Gasteiger partial charge in [0.2, 0.25) is 5.91 Å². The average Bonchev–Trinajstić information content (AvgIpc) is 2.76. The van der Waals surface area contributed by atoms with E-state index in [-0.39, 0.29) is 12.5 Å². The van der Waals surface area contributed by atoms with Gasteiger partial charge in [-0.1, -0.05) is 12.1 Å². The van der Waals surface area contributed by atoms with Gasteiger partial charge in [-0.25, -0.2) is 9.78 Å². The summed E-state index contributed by atoms with van der Waals surface area (Å²) in [6.45, 7) is 0. The first-order valence-corrected chi connectivity index (χ1v) is 9.73. The van der Waals surface area contributed by atoms with Crippen LogP contribution in [0.4, 0.5) is 26.3 Å². The number of hydrogen-bond acceptors (Lipinski definition) is 5. The number of benzene rings is 2. The summed E-state index contributed by atoms with van der Waals surface area (Å²) in [6, 6.07) is 6.47. The molecule has 0 fully saturated rings. The number of hydrogen-bond donors (Lipinski definition) is 1. The van der Waals surface area contributed by atoms with E-state index >= 15 is 0 Å². The van der Waals surface area contributed by atoms with Crippen LogP contribution in [0.25, 0.3) is 11.0 Å². The fourth-order valence-electron chi connectivity index (χ4n) is 3.19. The minimum absolute atomic E-state index is 0.0307. The van der Waals surface area contributed by atoms with Crippen molar-refractivity contribution >= 4 is 22.9 Å². The molecule has 1 amide bonds. The van der Waals surface area contributed by atoms with Crippen LogP contribution in [-0.2, 0) is 39.5 Å². The zero-order valence-electron chi connectivity index (χ0n) is 17.5. The first-order chi connectivity index (χ1) is 15.9. The van der Waals surface area contributed by atoms with Crippen LogP contribution in [0.2, 0.25) is 0 Å². The highest BCUT2D eigenvalue weighted by molar-refractivity contribution is 5.86. The predicted octanol–water partition coefficient (Wildman–Crippen LogP) is 4.11. The van der Waals surface area contributed by atoms with Crippen LogP contribution in [0, 0.1) is 0 Å². The van der Waals surface area contributed by atoms with Gasteiger partial charge in [-0.3, -0.25) is 9.78 Å². The maximum atomic E-state index is 13.0. The van der Waals surface area contributed by atoms with Crippen LogP contribution >= 0.6 is 0 Å². The molecule has 0 aliphatic heterocycles. The summed E-state index contributed by atoms with van der Waals surface area (Å²) in [7, 11) is 1.07. The van der Waals surface area contributed by atoms with Crippen molar-refractivity contribution in [2.24, 2.45) is 0 Å². The van der Waals surface area contributed by atoms with E-state index in [1.165, 1.54) is 6.20 Å². The smallest absolute Gasteiger partial charge is 0.416 e. The van der Waals surface area contributed by atoms with Crippen LogP contribution in [0.15, 0.2) is 48.7 Å². The molecular formula is C22H17F6N3O3. The largest absolute Gasteiger partial charge is 0.467 e. The van der Waals surface area contributed by atoms with Crippen molar-refractivity contribution in [1.82, 2.24) is 15.3 Å². The van der Waals surface area contributed by atoms with Crippen LogP contribution in [0.3, 0.4) is 0 Å². The number of esters is 1. The number of halogens is 6. The Bertz CT molecular complexity index is 1180. The van der Waals surface area contributed by atoms with Crippen LogP contribution in [0.1, 0.15) is 22.4 Å². The second-order valence-corrected chi connectivity index (χ2v) is 7.29. The molecule has 6 nitrogen and oxygen atoms in total. The van der Waals surface area contributed by atoms with Gasteiger partial charge < -0.3 is 10.1 Å². The fraction of sp³-hybridized carbons (Fsp3) is 0.273. The standard InChI is InChI=1S/C22H17F6N3O3/c1-34-20(33)18(10-15-11-29-16-4-2-3-5-17(16)30-15)31-19(32)8-12-6-13(21(23,24)25)9-14(7-12)22(26,27)28/h2-7,9,11,18H,8,10H2,1H3,(H,31,32)/t18-/m0/s1. The first-order valence-electron chi connectivity index (χ1n) is 9.73. The summed E-state index contributed by atoms with van der Waals surface area (Å²) in [4.78, 5) is 33.1. The van der Waals surface area contributed by atoms with Gasteiger partial charge in [0, 0.05) is 12.6 Å². The molecule has 0 unspecified atom stereocenters. The third-order valence-electron chi connectivity index (χ3n) is 4.74. The maximum Gasteiger partial charge on any atom is 0.416 e. The normalized spacial score (nSPS) is 12.9. The summed E-state index contributed by atoms with van der Waals surface area (Å²) < 4.78 is 82.9. The Hall–Kier alpha value is -3.70. The second-order valence-electron chi connectivity index (χ2n) is 7.29. The molecule has 3 rings (SSSR count). The number of amides is 1. The predicted molar refractivity (Wildman–Crippen MR) is 107 cm³/mol. The highest BCUT2D eigenvalue weighted by atomic mass is 19.4. The number of carbonyl (C=O) groups excluding carboxylic acids is 2. The van der Waals surface area contributed by atoms with Crippen molar-refractivity contribution in [3.8, 4) is 0 Å². The molecule has 1 aromatic heterocycles.